The highest BCUT2D eigenvalue weighted by Gasteiger charge is 2.42. The number of hydrogen-bond acceptors (Lipinski definition) is 3. The molecule has 1 fully saturated rings. The van der Waals surface area contributed by atoms with Crippen LogP contribution in [0.15, 0.2) is 6.20 Å². The predicted octanol–water partition coefficient (Wildman–Crippen LogP) is 2.83. The molecule has 1 aromatic heterocycles. The van der Waals surface area contributed by atoms with Crippen molar-refractivity contribution in [3.05, 3.63) is 11.9 Å². The molecule has 5 nitrogen and oxygen atoms in total. The molecule has 10 heteroatoms. The number of carbonyl (C=O) groups is 1. The van der Waals surface area contributed by atoms with Crippen molar-refractivity contribution in [1.29, 1.82) is 0 Å². The standard InChI is InChI=1S/C13H18F4N4O.ClH/c1-7(2)4-21-5-9(10(20-21)11(14)15)19-12(22)8-3-13(16,17)6-18-8;/h5,7-8,11,18H,3-4,6H2,1-2H3,(H,19,22);1H. The molecule has 1 saturated heterocycles. The summed E-state index contributed by atoms with van der Waals surface area (Å²) in [4.78, 5) is 11.9. The molecule has 1 aliphatic rings. The van der Waals surface area contributed by atoms with Gasteiger partial charge in [-0.15, -0.1) is 12.4 Å². The van der Waals surface area contributed by atoms with Gasteiger partial charge in [-0.05, 0) is 5.92 Å². The first-order valence-electron chi connectivity index (χ1n) is 6.95. The van der Waals surface area contributed by atoms with E-state index < -0.39 is 43.0 Å². The summed E-state index contributed by atoms with van der Waals surface area (Å²) >= 11 is 0. The van der Waals surface area contributed by atoms with Crippen molar-refractivity contribution in [2.75, 3.05) is 11.9 Å². The van der Waals surface area contributed by atoms with Crippen molar-refractivity contribution in [2.45, 2.75) is 45.2 Å². The molecule has 1 aliphatic heterocycles. The van der Waals surface area contributed by atoms with Crippen LogP contribution in [0.5, 0.6) is 0 Å². The highest BCUT2D eigenvalue weighted by molar-refractivity contribution is 5.95. The van der Waals surface area contributed by atoms with E-state index in [1.807, 2.05) is 13.8 Å². The van der Waals surface area contributed by atoms with E-state index >= 15 is 0 Å². The zero-order valence-corrected chi connectivity index (χ0v) is 13.5. The van der Waals surface area contributed by atoms with Crippen LogP contribution in [0, 0.1) is 5.92 Å². The first-order chi connectivity index (χ1) is 10.2. The summed E-state index contributed by atoms with van der Waals surface area (Å²) in [5.41, 5.74) is -0.698. The first-order valence-corrected chi connectivity index (χ1v) is 6.95. The summed E-state index contributed by atoms with van der Waals surface area (Å²) in [6.07, 6.45) is -2.21. The summed E-state index contributed by atoms with van der Waals surface area (Å²) < 4.78 is 53.4. The Kier molecular flexibility index (Phi) is 6.41. The molecule has 0 radical (unpaired) electrons. The van der Waals surface area contributed by atoms with Gasteiger partial charge in [0.05, 0.1) is 18.3 Å². The van der Waals surface area contributed by atoms with E-state index in [1.165, 1.54) is 10.9 Å². The van der Waals surface area contributed by atoms with E-state index in [-0.39, 0.29) is 24.0 Å². The lowest BCUT2D eigenvalue weighted by Crippen LogP contribution is -2.35. The van der Waals surface area contributed by atoms with Crippen LogP contribution in [0.3, 0.4) is 0 Å². The Morgan fingerprint density at radius 3 is 2.65 bits per heavy atom. The van der Waals surface area contributed by atoms with Gasteiger partial charge >= 0.3 is 0 Å². The number of alkyl halides is 4. The maximum absolute atomic E-state index is 13.1. The molecule has 2 heterocycles. The third-order valence-corrected chi connectivity index (χ3v) is 3.23. The first kappa shape index (κ1) is 19.7. The number of nitrogens with zero attached hydrogens (tertiary/aromatic N) is 2. The zero-order valence-electron chi connectivity index (χ0n) is 12.7. The highest BCUT2D eigenvalue weighted by atomic mass is 35.5. The Morgan fingerprint density at radius 1 is 1.52 bits per heavy atom. The Balaban J connectivity index is 0.00000264. The summed E-state index contributed by atoms with van der Waals surface area (Å²) in [6.45, 7) is 3.60. The second-order valence-corrected chi connectivity index (χ2v) is 5.83. The molecule has 0 aromatic carbocycles. The summed E-state index contributed by atoms with van der Waals surface area (Å²) in [5.74, 6) is -3.54. The quantitative estimate of drug-likeness (QED) is 0.796. The molecule has 2 rings (SSSR count). The summed E-state index contributed by atoms with van der Waals surface area (Å²) in [6, 6.07) is -1.10. The number of nitrogens with one attached hydrogen (secondary N) is 2. The lowest BCUT2D eigenvalue weighted by Gasteiger charge is -2.10. The fraction of sp³-hybridized carbons (Fsp3) is 0.692. The fourth-order valence-electron chi connectivity index (χ4n) is 2.28. The van der Waals surface area contributed by atoms with Crippen LogP contribution >= 0.6 is 12.4 Å². The monoisotopic (exact) mass is 358 g/mol. The molecule has 0 aliphatic carbocycles. The average Bonchev–Trinajstić information content (AvgIpc) is 2.92. The largest absolute Gasteiger partial charge is 0.322 e. The summed E-state index contributed by atoms with van der Waals surface area (Å²) in [5, 5.41) is 8.39. The predicted molar refractivity (Wildman–Crippen MR) is 79.3 cm³/mol. The molecular formula is C13H19ClF4N4O. The third kappa shape index (κ3) is 5.07. The number of hydrogen-bond donors (Lipinski definition) is 2. The highest BCUT2D eigenvalue weighted by Crippen LogP contribution is 2.28. The number of aromatic nitrogens is 2. The number of amides is 1. The van der Waals surface area contributed by atoms with Crippen LogP contribution in [0.1, 0.15) is 32.4 Å². The van der Waals surface area contributed by atoms with Crippen molar-refractivity contribution >= 4 is 24.0 Å². The minimum absolute atomic E-state index is 0. The molecule has 0 saturated carbocycles. The number of rotatable bonds is 5. The van der Waals surface area contributed by atoms with Gasteiger partial charge in [-0.1, -0.05) is 13.8 Å². The van der Waals surface area contributed by atoms with Crippen LogP contribution in [0.4, 0.5) is 23.2 Å². The molecule has 2 N–H and O–H groups in total. The second kappa shape index (κ2) is 7.48. The van der Waals surface area contributed by atoms with E-state index in [4.69, 9.17) is 0 Å². The smallest absolute Gasteiger partial charge is 0.284 e. The maximum atomic E-state index is 13.1. The minimum atomic E-state index is -2.96. The SMILES string of the molecule is CC(C)Cn1cc(NC(=O)C2CC(F)(F)CN2)c(C(F)F)n1.Cl. The van der Waals surface area contributed by atoms with E-state index in [0.717, 1.165) is 0 Å². The molecule has 1 atom stereocenters. The molecule has 1 amide bonds. The van der Waals surface area contributed by atoms with Gasteiger partial charge in [0, 0.05) is 19.2 Å². The average molecular weight is 359 g/mol. The van der Waals surface area contributed by atoms with Crippen LogP contribution in [-0.2, 0) is 11.3 Å². The number of halogens is 5. The molecule has 0 bridgehead atoms. The second-order valence-electron chi connectivity index (χ2n) is 5.83. The Morgan fingerprint density at radius 2 is 2.17 bits per heavy atom. The van der Waals surface area contributed by atoms with Gasteiger partial charge in [0.15, 0.2) is 5.69 Å². The normalized spacial score (nSPS) is 19.9. The van der Waals surface area contributed by atoms with Gasteiger partial charge in [-0.25, -0.2) is 17.6 Å². The molecule has 23 heavy (non-hydrogen) atoms. The van der Waals surface area contributed by atoms with Crippen molar-refractivity contribution in [3.63, 3.8) is 0 Å². The van der Waals surface area contributed by atoms with Crippen molar-refractivity contribution < 1.29 is 22.4 Å². The van der Waals surface area contributed by atoms with Gasteiger partial charge in [0.2, 0.25) is 5.91 Å². The van der Waals surface area contributed by atoms with Crippen molar-refractivity contribution in [2.24, 2.45) is 5.92 Å². The zero-order chi connectivity index (χ0) is 16.5. The van der Waals surface area contributed by atoms with Crippen LogP contribution in [0.25, 0.3) is 0 Å². The van der Waals surface area contributed by atoms with Crippen molar-refractivity contribution in [1.82, 2.24) is 15.1 Å². The molecule has 132 valence electrons. The van der Waals surface area contributed by atoms with E-state index in [0.29, 0.717) is 6.54 Å². The molecule has 0 spiro atoms. The molecular weight excluding hydrogens is 340 g/mol. The van der Waals surface area contributed by atoms with Crippen molar-refractivity contribution in [3.8, 4) is 0 Å². The van der Waals surface area contributed by atoms with Gasteiger partial charge in [-0.2, -0.15) is 5.10 Å². The van der Waals surface area contributed by atoms with Gasteiger partial charge in [0.1, 0.15) is 0 Å². The lowest BCUT2D eigenvalue weighted by atomic mass is 10.2. The van der Waals surface area contributed by atoms with Crippen LogP contribution < -0.4 is 10.6 Å². The fourth-order valence-corrected chi connectivity index (χ4v) is 2.28. The van der Waals surface area contributed by atoms with E-state index in [9.17, 15) is 22.4 Å². The summed E-state index contributed by atoms with van der Waals surface area (Å²) in [7, 11) is 0. The van der Waals surface area contributed by atoms with Gasteiger partial charge in [-0.3, -0.25) is 14.8 Å². The molecule has 1 unspecified atom stereocenters. The topological polar surface area (TPSA) is 59.0 Å². The molecule has 1 aromatic rings. The van der Waals surface area contributed by atoms with Gasteiger partial charge < -0.3 is 5.32 Å². The Bertz CT molecular complexity index is 550. The third-order valence-electron chi connectivity index (χ3n) is 3.23. The Hall–Kier alpha value is -1.35. The maximum Gasteiger partial charge on any atom is 0.284 e. The lowest BCUT2D eigenvalue weighted by molar-refractivity contribution is -0.118. The number of carbonyl (C=O) groups excluding carboxylic acids is 1. The van der Waals surface area contributed by atoms with Gasteiger partial charge in [0.25, 0.3) is 12.3 Å². The van der Waals surface area contributed by atoms with E-state index in [2.05, 4.69) is 15.7 Å². The van der Waals surface area contributed by atoms with Crippen LogP contribution in [0.2, 0.25) is 0 Å². The number of anilines is 1. The van der Waals surface area contributed by atoms with Crippen LogP contribution in [-0.4, -0.2) is 34.2 Å². The van der Waals surface area contributed by atoms with E-state index in [1.54, 1.807) is 0 Å². The minimum Gasteiger partial charge on any atom is -0.322 e. The Labute approximate surface area is 137 Å².